The first-order valence-corrected chi connectivity index (χ1v) is 5.12. The number of carbonyl (C=O) groups is 1. The molecule has 0 saturated carbocycles. The minimum atomic E-state index is -0.362. The summed E-state index contributed by atoms with van der Waals surface area (Å²) in [6.07, 6.45) is -0.362. The lowest BCUT2D eigenvalue weighted by molar-refractivity contribution is -0.00000873. The predicted octanol–water partition coefficient (Wildman–Crippen LogP) is -1.05. The molecule has 1 rings (SSSR count). The molecule has 0 bridgehead atoms. The van der Waals surface area contributed by atoms with Gasteiger partial charge >= 0.3 is 6.09 Å². The van der Waals surface area contributed by atoms with Gasteiger partial charge in [0.2, 0.25) is 0 Å². The zero-order valence-corrected chi connectivity index (χ0v) is 12.5. The molecule has 0 atom stereocenters. The average molecular weight is 303 g/mol. The lowest BCUT2D eigenvalue weighted by atomic mass is 10.2. The van der Waals surface area contributed by atoms with Crippen molar-refractivity contribution >= 4 is 11.8 Å². The highest BCUT2D eigenvalue weighted by Crippen LogP contribution is 2.22. The average Bonchev–Trinajstić information content (AvgIpc) is 2.16. The molecule has 1 aromatic rings. The van der Waals surface area contributed by atoms with E-state index >= 15 is 0 Å². The lowest BCUT2D eigenvalue weighted by Crippen LogP contribution is -3.00. The number of benzene rings is 1. The van der Waals surface area contributed by atoms with Crippen LogP contribution in [0.1, 0.15) is 0 Å². The topological polar surface area (TPSA) is 29.5 Å². The Labute approximate surface area is 113 Å². The molecule has 0 aliphatic heterocycles. The van der Waals surface area contributed by atoms with Gasteiger partial charge in [-0.15, -0.1) is 0 Å². The smallest absolute Gasteiger partial charge is 0.414 e. The Balaban J connectivity index is 0.00000256. The van der Waals surface area contributed by atoms with Crippen LogP contribution >= 0.6 is 0 Å². The van der Waals surface area contributed by atoms with Crippen LogP contribution in [0.5, 0.6) is 5.75 Å². The molecule has 0 N–H and O–H groups in total. The zero-order chi connectivity index (χ0) is 12.3. The number of hydrogen-bond acceptors (Lipinski definition) is 2. The van der Waals surface area contributed by atoms with Gasteiger partial charge in [-0.25, -0.2) is 4.79 Å². The summed E-state index contributed by atoms with van der Waals surface area (Å²) in [4.78, 5) is 12.8. The maximum absolute atomic E-state index is 11.4. The molecular weight excluding hydrogens is 284 g/mol. The Morgan fingerprint density at radius 3 is 2.29 bits per heavy atom. The molecule has 0 heterocycles. The molecule has 0 radical (unpaired) electrons. The van der Waals surface area contributed by atoms with E-state index in [1.165, 1.54) is 4.90 Å². The van der Waals surface area contributed by atoms with Crippen molar-refractivity contribution in [1.29, 1.82) is 0 Å². The van der Waals surface area contributed by atoms with E-state index in [9.17, 15) is 4.79 Å². The van der Waals surface area contributed by atoms with Gasteiger partial charge in [-0.2, -0.15) is 0 Å². The summed E-state index contributed by atoms with van der Waals surface area (Å²) in [5.74, 6) is 0.573. The number of ether oxygens (including phenoxy) is 1. The molecule has 0 aromatic heterocycles. The Morgan fingerprint density at radius 2 is 1.82 bits per heavy atom. The summed E-state index contributed by atoms with van der Waals surface area (Å²) in [5, 5.41) is 0. The van der Waals surface area contributed by atoms with Crippen LogP contribution in [-0.2, 0) is 0 Å². The van der Waals surface area contributed by atoms with Crippen LogP contribution in [0, 0.1) is 0 Å². The number of quaternary nitrogens is 1. The van der Waals surface area contributed by atoms with Gasteiger partial charge in [0.05, 0.1) is 21.1 Å². The van der Waals surface area contributed by atoms with E-state index in [2.05, 4.69) is 21.1 Å². The van der Waals surface area contributed by atoms with E-state index < -0.39 is 0 Å². The third-order valence-corrected chi connectivity index (χ3v) is 2.16. The zero-order valence-electron chi connectivity index (χ0n) is 10.9. The van der Waals surface area contributed by atoms with Gasteiger partial charge in [0.15, 0.2) is 0 Å². The highest BCUT2D eigenvalue weighted by Gasteiger charge is 2.14. The molecule has 0 saturated heterocycles. The minimum Gasteiger partial charge on any atom is -1.00 e. The molecule has 0 spiro atoms. The van der Waals surface area contributed by atoms with E-state index in [-0.39, 0.29) is 23.1 Å². The standard InChI is InChI=1S/C12H19N2O2.BrH/c1-13(2)12(15)16-11-8-6-7-10(9-11)14(3,4)5;/h6-9H,1-5H3;1H/q+1;/p-1. The fraction of sp³-hybridized carbons (Fsp3) is 0.417. The van der Waals surface area contributed by atoms with Gasteiger partial charge in [-0.1, -0.05) is 6.07 Å². The second-order valence-electron chi connectivity index (χ2n) is 4.77. The molecule has 96 valence electrons. The van der Waals surface area contributed by atoms with E-state index in [4.69, 9.17) is 4.74 Å². The van der Waals surface area contributed by atoms with E-state index in [1.54, 1.807) is 20.2 Å². The van der Waals surface area contributed by atoms with Crippen LogP contribution in [0.3, 0.4) is 0 Å². The van der Waals surface area contributed by atoms with Crippen LogP contribution in [0.2, 0.25) is 0 Å². The van der Waals surface area contributed by atoms with Crippen molar-refractivity contribution < 1.29 is 26.5 Å². The number of hydrogen-bond donors (Lipinski definition) is 0. The summed E-state index contributed by atoms with van der Waals surface area (Å²) >= 11 is 0. The monoisotopic (exact) mass is 302 g/mol. The van der Waals surface area contributed by atoms with Crippen LogP contribution in [0.15, 0.2) is 24.3 Å². The van der Waals surface area contributed by atoms with E-state index in [1.807, 2.05) is 18.2 Å². The molecule has 4 nitrogen and oxygen atoms in total. The SMILES string of the molecule is CN(C)C(=O)Oc1cccc([N+](C)(C)C)c1.[Br-]. The fourth-order valence-electron chi connectivity index (χ4n) is 1.16. The van der Waals surface area contributed by atoms with E-state index in [0.29, 0.717) is 10.2 Å². The summed E-state index contributed by atoms with van der Waals surface area (Å²) in [7, 11) is 9.50. The van der Waals surface area contributed by atoms with Gasteiger partial charge in [-0.3, -0.25) is 4.48 Å². The predicted molar refractivity (Wildman–Crippen MR) is 65.7 cm³/mol. The van der Waals surface area contributed by atoms with Crippen molar-refractivity contribution in [3.05, 3.63) is 24.3 Å². The van der Waals surface area contributed by atoms with Gasteiger partial charge in [0.1, 0.15) is 11.4 Å². The maximum atomic E-state index is 11.4. The second kappa shape index (κ2) is 6.02. The molecule has 5 heteroatoms. The van der Waals surface area contributed by atoms with Gasteiger partial charge < -0.3 is 26.6 Å². The molecule has 0 aliphatic carbocycles. The first-order valence-electron chi connectivity index (χ1n) is 5.12. The molecule has 0 unspecified atom stereocenters. The number of nitrogens with zero attached hydrogens (tertiary/aromatic N) is 2. The van der Waals surface area contributed by atoms with Crippen molar-refractivity contribution in [2.75, 3.05) is 35.2 Å². The van der Waals surface area contributed by atoms with Crippen LogP contribution in [0.4, 0.5) is 10.5 Å². The van der Waals surface area contributed by atoms with Crippen molar-refractivity contribution in [1.82, 2.24) is 9.38 Å². The van der Waals surface area contributed by atoms with Crippen molar-refractivity contribution in [3.8, 4) is 5.75 Å². The summed E-state index contributed by atoms with van der Waals surface area (Å²) < 4.78 is 5.88. The molecule has 0 aliphatic rings. The molecular formula is C12H19BrN2O2. The van der Waals surface area contributed by atoms with Crippen molar-refractivity contribution in [2.45, 2.75) is 0 Å². The van der Waals surface area contributed by atoms with Gasteiger partial charge in [0.25, 0.3) is 0 Å². The minimum absolute atomic E-state index is 0. The van der Waals surface area contributed by atoms with Crippen LogP contribution in [0.25, 0.3) is 0 Å². The Kier molecular flexibility index (Phi) is 5.64. The highest BCUT2D eigenvalue weighted by atomic mass is 79.9. The first-order chi connectivity index (χ1) is 7.30. The normalized spacial score (nSPS) is 10.4. The van der Waals surface area contributed by atoms with Crippen LogP contribution in [-0.4, -0.2) is 46.2 Å². The largest absolute Gasteiger partial charge is 1.00 e. The van der Waals surface area contributed by atoms with Gasteiger partial charge in [-0.05, 0) is 12.1 Å². The Hall–Kier alpha value is -1.07. The second-order valence-corrected chi connectivity index (χ2v) is 4.77. The summed E-state index contributed by atoms with van der Waals surface area (Å²) in [5.41, 5.74) is 1.09. The number of halogens is 1. The third-order valence-electron chi connectivity index (χ3n) is 2.16. The first kappa shape index (κ1) is 15.9. The maximum Gasteiger partial charge on any atom is 0.414 e. The summed E-state index contributed by atoms with van der Waals surface area (Å²) in [6.45, 7) is 0. The van der Waals surface area contributed by atoms with Crippen molar-refractivity contribution in [2.24, 2.45) is 0 Å². The quantitative estimate of drug-likeness (QED) is 0.653. The molecule has 17 heavy (non-hydrogen) atoms. The Bertz CT molecular complexity index is 386. The Morgan fingerprint density at radius 1 is 1.24 bits per heavy atom. The number of carbonyl (C=O) groups excluding carboxylic acids is 1. The number of amides is 1. The molecule has 1 aromatic carbocycles. The van der Waals surface area contributed by atoms with Crippen molar-refractivity contribution in [3.63, 3.8) is 0 Å². The van der Waals surface area contributed by atoms with E-state index in [0.717, 1.165) is 5.69 Å². The lowest BCUT2D eigenvalue weighted by Gasteiger charge is -2.23. The van der Waals surface area contributed by atoms with Gasteiger partial charge in [0, 0.05) is 20.2 Å². The third kappa shape index (κ3) is 4.75. The highest BCUT2D eigenvalue weighted by molar-refractivity contribution is 5.70. The molecule has 0 fully saturated rings. The fourth-order valence-corrected chi connectivity index (χ4v) is 1.16. The number of rotatable bonds is 2. The van der Waals surface area contributed by atoms with Crippen LogP contribution < -0.4 is 26.2 Å². The molecule has 1 amide bonds. The summed E-state index contributed by atoms with van der Waals surface area (Å²) in [6, 6.07) is 7.55.